The Bertz CT molecular complexity index is 294. The Morgan fingerprint density at radius 2 is 2.07 bits per heavy atom. The van der Waals surface area contributed by atoms with E-state index in [1.165, 1.54) is 12.4 Å². The summed E-state index contributed by atoms with van der Waals surface area (Å²) in [4.78, 5) is 7.21. The Labute approximate surface area is 80.0 Å². The first-order valence-electron chi connectivity index (χ1n) is 4.12. The maximum absolute atomic E-state index is 12.3. The largest absolute Gasteiger partial charge is 0.392 e. The molecule has 0 amide bonds. The lowest BCUT2D eigenvalue weighted by Gasteiger charge is -2.10. The third-order valence-electron chi connectivity index (χ3n) is 1.50. The highest BCUT2D eigenvalue weighted by molar-refractivity contribution is 5.40. The van der Waals surface area contributed by atoms with E-state index in [0.29, 0.717) is 0 Å². The molecule has 0 aliphatic rings. The Kier molecular flexibility index (Phi) is 3.70. The van der Waals surface area contributed by atoms with Crippen molar-refractivity contribution in [3.8, 4) is 0 Å². The number of anilines is 1. The fourth-order valence-corrected chi connectivity index (χ4v) is 0.889. The van der Waals surface area contributed by atoms with Crippen LogP contribution < -0.4 is 5.32 Å². The zero-order chi connectivity index (χ0) is 10.6. The molecule has 4 nitrogen and oxygen atoms in total. The van der Waals surface area contributed by atoms with E-state index in [0.717, 1.165) is 0 Å². The molecule has 1 aromatic heterocycles. The van der Waals surface area contributed by atoms with Gasteiger partial charge in [-0.25, -0.2) is 18.7 Å². The molecule has 0 unspecified atom stereocenters. The van der Waals surface area contributed by atoms with E-state index in [1.54, 1.807) is 6.92 Å². The van der Waals surface area contributed by atoms with Gasteiger partial charge in [-0.05, 0) is 6.92 Å². The molecule has 0 aliphatic carbocycles. The normalized spacial score (nSPS) is 12.9. The van der Waals surface area contributed by atoms with E-state index in [2.05, 4.69) is 15.3 Å². The molecule has 0 spiro atoms. The van der Waals surface area contributed by atoms with Gasteiger partial charge < -0.3 is 10.4 Å². The van der Waals surface area contributed by atoms with E-state index in [9.17, 15) is 8.78 Å². The molecule has 0 fully saturated rings. The zero-order valence-electron chi connectivity index (χ0n) is 7.61. The van der Waals surface area contributed by atoms with Gasteiger partial charge in [0, 0.05) is 18.9 Å². The molecule has 1 aromatic rings. The van der Waals surface area contributed by atoms with Gasteiger partial charge in [-0.2, -0.15) is 0 Å². The number of alkyl halides is 2. The van der Waals surface area contributed by atoms with Crippen LogP contribution in [0.1, 0.15) is 19.0 Å². The molecule has 0 saturated heterocycles. The van der Waals surface area contributed by atoms with Gasteiger partial charge in [-0.3, -0.25) is 0 Å². The maximum atomic E-state index is 12.3. The second kappa shape index (κ2) is 4.80. The van der Waals surface area contributed by atoms with Gasteiger partial charge in [0.15, 0.2) is 5.82 Å². The van der Waals surface area contributed by atoms with Crippen LogP contribution in [-0.2, 0) is 0 Å². The smallest absolute Gasteiger partial charge is 0.283 e. The minimum absolute atomic E-state index is 0.0170. The highest BCUT2D eigenvalue weighted by Crippen LogP contribution is 2.21. The fourth-order valence-electron chi connectivity index (χ4n) is 0.889. The summed E-state index contributed by atoms with van der Waals surface area (Å²) >= 11 is 0. The molecular weight excluding hydrogens is 192 g/mol. The van der Waals surface area contributed by atoms with E-state index >= 15 is 0 Å². The van der Waals surface area contributed by atoms with Gasteiger partial charge in [0.1, 0.15) is 5.69 Å². The molecular formula is C8H11F2N3O. The van der Waals surface area contributed by atoms with Gasteiger partial charge in [0.25, 0.3) is 6.43 Å². The Hall–Kier alpha value is -1.30. The van der Waals surface area contributed by atoms with Crippen molar-refractivity contribution in [3.63, 3.8) is 0 Å². The maximum Gasteiger partial charge on any atom is 0.283 e. The number of nitrogens with zero attached hydrogens (tertiary/aromatic N) is 2. The molecule has 6 heteroatoms. The predicted octanol–water partition coefficient (Wildman–Crippen LogP) is 1.21. The SMILES string of the molecule is C[C@@H](O)CNc1nccnc1C(F)F. The fraction of sp³-hybridized carbons (Fsp3) is 0.500. The minimum Gasteiger partial charge on any atom is -0.392 e. The summed E-state index contributed by atoms with van der Waals surface area (Å²) in [5.41, 5.74) is -0.395. The van der Waals surface area contributed by atoms with Crippen molar-refractivity contribution in [3.05, 3.63) is 18.1 Å². The molecule has 0 aliphatic heterocycles. The van der Waals surface area contributed by atoms with Crippen molar-refractivity contribution in [2.75, 3.05) is 11.9 Å². The first-order valence-corrected chi connectivity index (χ1v) is 4.12. The van der Waals surface area contributed by atoms with Crippen molar-refractivity contribution < 1.29 is 13.9 Å². The minimum atomic E-state index is -2.67. The van der Waals surface area contributed by atoms with Gasteiger partial charge >= 0.3 is 0 Å². The lowest BCUT2D eigenvalue weighted by Crippen LogP contribution is -2.17. The van der Waals surface area contributed by atoms with Crippen LogP contribution in [0.15, 0.2) is 12.4 Å². The first-order chi connectivity index (χ1) is 6.61. The summed E-state index contributed by atoms with van der Waals surface area (Å²) in [6, 6.07) is 0. The predicted molar refractivity (Wildman–Crippen MR) is 47.2 cm³/mol. The highest BCUT2D eigenvalue weighted by atomic mass is 19.3. The summed E-state index contributed by atoms with van der Waals surface area (Å²) in [5, 5.41) is 11.5. The van der Waals surface area contributed by atoms with Crippen molar-refractivity contribution >= 4 is 5.82 Å². The Morgan fingerprint density at radius 3 is 2.64 bits per heavy atom. The van der Waals surface area contributed by atoms with Crippen LogP contribution in [0.2, 0.25) is 0 Å². The van der Waals surface area contributed by atoms with Crippen LogP contribution in [0.3, 0.4) is 0 Å². The van der Waals surface area contributed by atoms with Crippen molar-refractivity contribution in [2.45, 2.75) is 19.5 Å². The van der Waals surface area contributed by atoms with Gasteiger partial charge in [-0.15, -0.1) is 0 Å². The second-order valence-corrected chi connectivity index (χ2v) is 2.82. The lowest BCUT2D eigenvalue weighted by atomic mass is 10.3. The zero-order valence-corrected chi connectivity index (χ0v) is 7.61. The molecule has 78 valence electrons. The van der Waals surface area contributed by atoms with Crippen molar-refractivity contribution in [1.82, 2.24) is 9.97 Å². The Morgan fingerprint density at radius 1 is 1.43 bits per heavy atom. The third-order valence-corrected chi connectivity index (χ3v) is 1.50. The van der Waals surface area contributed by atoms with Gasteiger partial charge in [0.05, 0.1) is 6.10 Å². The van der Waals surface area contributed by atoms with E-state index in [4.69, 9.17) is 5.11 Å². The van der Waals surface area contributed by atoms with Crippen LogP contribution >= 0.6 is 0 Å². The number of aliphatic hydroxyl groups excluding tert-OH is 1. The molecule has 0 bridgehead atoms. The van der Waals surface area contributed by atoms with Crippen LogP contribution in [0.4, 0.5) is 14.6 Å². The summed E-state index contributed by atoms with van der Waals surface area (Å²) in [6.07, 6.45) is -0.770. The van der Waals surface area contributed by atoms with Crippen molar-refractivity contribution in [2.24, 2.45) is 0 Å². The molecule has 0 saturated carbocycles. The van der Waals surface area contributed by atoms with Gasteiger partial charge in [-0.1, -0.05) is 0 Å². The summed E-state index contributed by atoms with van der Waals surface area (Å²) in [5.74, 6) is 0.0170. The number of aliphatic hydroxyl groups is 1. The van der Waals surface area contributed by atoms with E-state index < -0.39 is 18.2 Å². The highest BCUT2D eigenvalue weighted by Gasteiger charge is 2.15. The third kappa shape index (κ3) is 2.88. The average molecular weight is 203 g/mol. The van der Waals surface area contributed by atoms with E-state index in [-0.39, 0.29) is 12.4 Å². The summed E-state index contributed by atoms with van der Waals surface area (Å²) in [6.45, 7) is 1.71. The molecule has 1 atom stereocenters. The van der Waals surface area contributed by atoms with Crippen LogP contribution in [0.5, 0.6) is 0 Å². The number of hydrogen-bond donors (Lipinski definition) is 2. The molecule has 1 heterocycles. The van der Waals surface area contributed by atoms with Crippen LogP contribution in [0.25, 0.3) is 0 Å². The summed E-state index contributed by atoms with van der Waals surface area (Å²) in [7, 11) is 0. The number of aromatic nitrogens is 2. The molecule has 2 N–H and O–H groups in total. The monoisotopic (exact) mass is 203 g/mol. The number of rotatable bonds is 4. The molecule has 1 rings (SSSR count). The molecule has 0 aromatic carbocycles. The second-order valence-electron chi connectivity index (χ2n) is 2.82. The number of nitrogens with one attached hydrogen (secondary N) is 1. The van der Waals surface area contributed by atoms with Gasteiger partial charge in [0.2, 0.25) is 0 Å². The quantitative estimate of drug-likeness (QED) is 0.772. The Balaban J connectivity index is 2.74. The first kappa shape index (κ1) is 10.8. The molecule has 14 heavy (non-hydrogen) atoms. The van der Waals surface area contributed by atoms with Crippen molar-refractivity contribution in [1.29, 1.82) is 0 Å². The lowest BCUT2D eigenvalue weighted by molar-refractivity contribution is 0.146. The standard InChI is InChI=1S/C8H11F2N3O/c1-5(14)4-13-8-6(7(9)10)11-2-3-12-8/h2-3,5,7,14H,4H2,1H3,(H,12,13)/t5-/m1/s1. The van der Waals surface area contributed by atoms with Crippen LogP contribution in [0, 0.1) is 0 Å². The van der Waals surface area contributed by atoms with Crippen LogP contribution in [-0.4, -0.2) is 27.7 Å². The average Bonchev–Trinajstić information content (AvgIpc) is 2.15. The van der Waals surface area contributed by atoms with E-state index in [1.807, 2.05) is 0 Å². The topological polar surface area (TPSA) is 58.0 Å². The summed E-state index contributed by atoms with van der Waals surface area (Å²) < 4.78 is 24.7. The number of halogens is 2. The number of hydrogen-bond acceptors (Lipinski definition) is 4. The molecule has 0 radical (unpaired) electrons.